The molecule has 0 aliphatic heterocycles. The second-order valence-corrected chi connectivity index (χ2v) is 6.89. The first-order valence-corrected chi connectivity index (χ1v) is 7.44. The van der Waals surface area contributed by atoms with Gasteiger partial charge in [-0.15, -0.1) is 0 Å². The lowest BCUT2D eigenvalue weighted by Crippen LogP contribution is -2.27. The third kappa shape index (κ3) is 3.74. The summed E-state index contributed by atoms with van der Waals surface area (Å²) in [6, 6.07) is 5.77. The maximum absolute atomic E-state index is 11.2. The molecule has 0 radical (unpaired) electrons. The third-order valence-electron chi connectivity index (χ3n) is 2.93. The van der Waals surface area contributed by atoms with Crippen molar-refractivity contribution < 1.29 is 10.0 Å². The van der Waals surface area contributed by atoms with Gasteiger partial charge in [0.1, 0.15) is 11.5 Å². The summed E-state index contributed by atoms with van der Waals surface area (Å²) in [4.78, 5) is 15.7. The zero-order valence-corrected chi connectivity index (χ0v) is 13.9. The highest BCUT2D eigenvalue weighted by Gasteiger charge is 2.20. The molecule has 0 aliphatic rings. The van der Waals surface area contributed by atoms with Crippen LogP contribution in [0, 0.1) is 5.41 Å². The van der Waals surface area contributed by atoms with Crippen LogP contribution in [-0.2, 0) is 11.2 Å². The van der Waals surface area contributed by atoms with Crippen molar-refractivity contribution in [1.29, 1.82) is 0 Å². The molecular formula is C14H19BrN4O2. The van der Waals surface area contributed by atoms with Gasteiger partial charge in [0.05, 0.1) is 16.8 Å². The Morgan fingerprint density at radius 2 is 2.14 bits per heavy atom. The fourth-order valence-electron chi connectivity index (χ4n) is 2.12. The number of hydrogen-bond donors (Lipinski definition) is 3. The summed E-state index contributed by atoms with van der Waals surface area (Å²) in [5, 5.41) is 11.6. The summed E-state index contributed by atoms with van der Waals surface area (Å²) < 4.78 is 2.93. The molecule has 0 atom stereocenters. The third-order valence-corrected chi connectivity index (χ3v) is 3.55. The minimum atomic E-state index is -0.507. The molecule has 2 heterocycles. The van der Waals surface area contributed by atoms with Crippen LogP contribution in [0.25, 0.3) is 5.65 Å². The van der Waals surface area contributed by atoms with E-state index < -0.39 is 5.91 Å². The number of amides is 1. The van der Waals surface area contributed by atoms with Gasteiger partial charge >= 0.3 is 0 Å². The Morgan fingerprint density at radius 3 is 2.76 bits per heavy atom. The van der Waals surface area contributed by atoms with Crippen LogP contribution < -0.4 is 10.8 Å². The molecule has 2 aromatic heterocycles. The van der Waals surface area contributed by atoms with Crippen LogP contribution in [0.4, 0.5) is 5.82 Å². The zero-order chi connectivity index (χ0) is 15.6. The second kappa shape index (κ2) is 6.03. The molecule has 3 N–H and O–H groups in total. The van der Waals surface area contributed by atoms with Gasteiger partial charge in [-0.05, 0) is 39.9 Å². The molecule has 0 aliphatic carbocycles. The predicted molar refractivity (Wildman–Crippen MR) is 84.5 cm³/mol. The number of hydrogen-bond acceptors (Lipinski definition) is 4. The molecule has 2 aromatic rings. The molecule has 0 aromatic carbocycles. The van der Waals surface area contributed by atoms with E-state index in [1.807, 2.05) is 22.6 Å². The Bertz CT molecular complexity index is 661. The van der Waals surface area contributed by atoms with Crippen molar-refractivity contribution in [3.63, 3.8) is 0 Å². The van der Waals surface area contributed by atoms with Gasteiger partial charge in [-0.25, -0.2) is 10.5 Å². The Hall–Kier alpha value is -1.60. The molecule has 0 spiro atoms. The van der Waals surface area contributed by atoms with E-state index in [0.29, 0.717) is 5.82 Å². The number of nitrogens with one attached hydrogen (secondary N) is 2. The van der Waals surface area contributed by atoms with Gasteiger partial charge in [0.25, 0.3) is 5.91 Å². The number of carbonyl (C=O) groups excluding carboxylic acids is 1. The molecular weight excluding hydrogens is 336 g/mol. The smallest absolute Gasteiger partial charge is 0.262 e. The average Bonchev–Trinajstić information content (AvgIpc) is 2.73. The fourth-order valence-corrected chi connectivity index (χ4v) is 2.67. The van der Waals surface area contributed by atoms with Crippen molar-refractivity contribution in [2.75, 3.05) is 11.9 Å². The van der Waals surface area contributed by atoms with Crippen LogP contribution in [0.15, 0.2) is 22.8 Å². The van der Waals surface area contributed by atoms with E-state index in [0.717, 1.165) is 22.4 Å². The largest absolute Gasteiger partial charge is 0.359 e. The Morgan fingerprint density at radius 1 is 1.43 bits per heavy atom. The van der Waals surface area contributed by atoms with Gasteiger partial charge in [-0.3, -0.25) is 14.4 Å². The Kier molecular flexibility index (Phi) is 4.53. The maximum Gasteiger partial charge on any atom is 0.262 e. The standard InChI is InChI=1S/C14H19BrN4O2/c1-14(2,3)7-9-13(16-8-12(20)18-21)17-11-6-4-5-10(15)19(9)11/h4-6,16,21H,7-8H2,1-3H3,(H,18,20). The summed E-state index contributed by atoms with van der Waals surface area (Å²) in [7, 11) is 0. The number of carbonyl (C=O) groups is 1. The Labute approximate surface area is 131 Å². The van der Waals surface area contributed by atoms with Crippen LogP contribution >= 0.6 is 15.9 Å². The van der Waals surface area contributed by atoms with E-state index in [-0.39, 0.29) is 12.0 Å². The molecule has 0 fully saturated rings. The number of rotatable bonds is 4. The summed E-state index contributed by atoms with van der Waals surface area (Å²) in [5.74, 6) is 0.147. The molecule has 0 bridgehead atoms. The number of pyridine rings is 1. The molecule has 114 valence electrons. The number of imidazole rings is 1. The molecule has 7 heteroatoms. The number of anilines is 1. The van der Waals surface area contributed by atoms with E-state index in [9.17, 15) is 4.79 Å². The van der Waals surface area contributed by atoms with Crippen molar-refractivity contribution in [3.05, 3.63) is 28.5 Å². The number of fused-ring (bicyclic) bond motifs is 1. The lowest BCUT2D eigenvalue weighted by atomic mass is 9.90. The first-order valence-electron chi connectivity index (χ1n) is 6.64. The number of aromatic nitrogens is 2. The highest BCUT2D eigenvalue weighted by Crippen LogP contribution is 2.29. The van der Waals surface area contributed by atoms with Gasteiger partial charge in [0.15, 0.2) is 0 Å². The van der Waals surface area contributed by atoms with Crippen molar-refractivity contribution in [2.45, 2.75) is 27.2 Å². The van der Waals surface area contributed by atoms with E-state index in [2.05, 4.69) is 47.0 Å². The van der Waals surface area contributed by atoms with Crippen LogP contribution in [-0.4, -0.2) is 27.0 Å². The molecule has 1 amide bonds. The number of halogens is 1. The molecule has 0 unspecified atom stereocenters. The van der Waals surface area contributed by atoms with Crippen LogP contribution in [0.5, 0.6) is 0 Å². The highest BCUT2D eigenvalue weighted by molar-refractivity contribution is 9.10. The van der Waals surface area contributed by atoms with Gasteiger partial charge in [0, 0.05) is 0 Å². The Balaban J connectivity index is 2.45. The lowest BCUT2D eigenvalue weighted by Gasteiger charge is -2.19. The van der Waals surface area contributed by atoms with Gasteiger partial charge in [-0.1, -0.05) is 26.8 Å². The molecule has 21 heavy (non-hydrogen) atoms. The van der Waals surface area contributed by atoms with Crippen LogP contribution in [0.3, 0.4) is 0 Å². The van der Waals surface area contributed by atoms with Crippen molar-refractivity contribution >= 4 is 33.3 Å². The fraction of sp³-hybridized carbons (Fsp3) is 0.429. The molecule has 0 saturated heterocycles. The summed E-state index contributed by atoms with van der Waals surface area (Å²) in [6.45, 7) is 6.41. The summed E-state index contributed by atoms with van der Waals surface area (Å²) in [6.07, 6.45) is 0.792. The SMILES string of the molecule is CC(C)(C)Cc1c(NCC(=O)NO)nc2cccc(Br)n12. The number of hydroxylamine groups is 1. The van der Waals surface area contributed by atoms with Crippen LogP contribution in [0.1, 0.15) is 26.5 Å². The van der Waals surface area contributed by atoms with Gasteiger partial charge < -0.3 is 5.32 Å². The summed E-state index contributed by atoms with van der Waals surface area (Å²) >= 11 is 3.54. The maximum atomic E-state index is 11.2. The minimum Gasteiger partial charge on any atom is -0.359 e. The first kappa shape index (κ1) is 15.8. The van der Waals surface area contributed by atoms with Crippen molar-refractivity contribution in [3.8, 4) is 0 Å². The number of nitrogens with zero attached hydrogens (tertiary/aromatic N) is 2. The highest BCUT2D eigenvalue weighted by atomic mass is 79.9. The van der Waals surface area contributed by atoms with Crippen LogP contribution in [0.2, 0.25) is 0 Å². The van der Waals surface area contributed by atoms with E-state index >= 15 is 0 Å². The monoisotopic (exact) mass is 354 g/mol. The predicted octanol–water partition coefficient (Wildman–Crippen LogP) is 2.60. The molecule has 6 nitrogen and oxygen atoms in total. The van der Waals surface area contributed by atoms with Crippen molar-refractivity contribution in [1.82, 2.24) is 14.9 Å². The molecule has 0 saturated carbocycles. The normalized spacial score (nSPS) is 11.7. The topological polar surface area (TPSA) is 78.7 Å². The first-order chi connectivity index (χ1) is 9.81. The minimum absolute atomic E-state index is 0.0326. The van der Waals surface area contributed by atoms with Crippen molar-refractivity contribution in [2.24, 2.45) is 5.41 Å². The van der Waals surface area contributed by atoms with Gasteiger partial charge in [-0.2, -0.15) is 0 Å². The van der Waals surface area contributed by atoms with E-state index in [1.165, 1.54) is 0 Å². The summed E-state index contributed by atoms with van der Waals surface area (Å²) in [5.41, 5.74) is 3.47. The quantitative estimate of drug-likeness (QED) is 0.448. The van der Waals surface area contributed by atoms with E-state index in [1.54, 1.807) is 5.48 Å². The average molecular weight is 355 g/mol. The molecule has 2 rings (SSSR count). The second-order valence-electron chi connectivity index (χ2n) is 6.08. The zero-order valence-electron chi connectivity index (χ0n) is 12.3. The van der Waals surface area contributed by atoms with Gasteiger partial charge in [0.2, 0.25) is 0 Å². The lowest BCUT2D eigenvalue weighted by molar-refractivity contribution is -0.127. The van der Waals surface area contributed by atoms with E-state index in [4.69, 9.17) is 5.21 Å².